The monoisotopic (exact) mass is 250 g/mol. The van der Waals surface area contributed by atoms with Crippen molar-refractivity contribution < 1.29 is 0 Å². The molecule has 2 heteroatoms. The molecular weight excluding hydrogens is 232 g/mol. The van der Waals surface area contributed by atoms with E-state index in [4.69, 9.17) is 0 Å². The Morgan fingerprint density at radius 1 is 1.00 bits per heavy atom. The van der Waals surface area contributed by atoms with Crippen LogP contribution in [0.15, 0.2) is 48.7 Å². The molecule has 96 valence electrons. The SMILES string of the molecule is Cc1cnc(CCCc2cccc3ccccc23)[nH]1. The number of aryl methyl sites for hydroxylation is 3. The first kappa shape index (κ1) is 12.0. The van der Waals surface area contributed by atoms with Crippen LogP contribution in [0.2, 0.25) is 0 Å². The van der Waals surface area contributed by atoms with Gasteiger partial charge in [-0.25, -0.2) is 4.98 Å². The fourth-order valence-corrected chi connectivity index (χ4v) is 2.55. The Morgan fingerprint density at radius 3 is 2.68 bits per heavy atom. The fraction of sp³-hybridized carbons (Fsp3) is 0.235. The number of fused-ring (bicyclic) bond motifs is 1. The lowest BCUT2D eigenvalue weighted by atomic mass is 10.0. The molecule has 0 aliphatic rings. The van der Waals surface area contributed by atoms with E-state index < -0.39 is 0 Å². The second-order valence-electron chi connectivity index (χ2n) is 5.00. The summed E-state index contributed by atoms with van der Waals surface area (Å²) in [5.74, 6) is 1.10. The van der Waals surface area contributed by atoms with Crippen LogP contribution in [0.25, 0.3) is 10.8 Å². The van der Waals surface area contributed by atoms with Crippen LogP contribution in [0.4, 0.5) is 0 Å². The zero-order valence-electron chi connectivity index (χ0n) is 11.2. The lowest BCUT2D eigenvalue weighted by molar-refractivity contribution is 0.785. The normalized spacial score (nSPS) is 11.0. The van der Waals surface area contributed by atoms with E-state index in [9.17, 15) is 0 Å². The van der Waals surface area contributed by atoms with E-state index in [0.29, 0.717) is 0 Å². The molecule has 0 amide bonds. The van der Waals surface area contributed by atoms with Crippen molar-refractivity contribution in [1.82, 2.24) is 9.97 Å². The molecule has 3 aromatic rings. The average Bonchev–Trinajstić information content (AvgIpc) is 2.85. The van der Waals surface area contributed by atoms with Gasteiger partial charge in [-0.15, -0.1) is 0 Å². The van der Waals surface area contributed by atoms with Gasteiger partial charge in [0.15, 0.2) is 0 Å². The number of aromatic nitrogens is 2. The molecule has 2 nitrogen and oxygen atoms in total. The molecule has 0 atom stereocenters. The van der Waals surface area contributed by atoms with Crippen molar-refractivity contribution >= 4 is 10.8 Å². The van der Waals surface area contributed by atoms with Crippen molar-refractivity contribution in [2.45, 2.75) is 26.2 Å². The molecule has 0 radical (unpaired) electrons. The van der Waals surface area contributed by atoms with Crippen LogP contribution in [0, 0.1) is 6.92 Å². The predicted octanol–water partition coefficient (Wildman–Crippen LogP) is 4.05. The Balaban J connectivity index is 1.71. The molecule has 2 aromatic carbocycles. The molecular formula is C17H18N2. The summed E-state index contributed by atoms with van der Waals surface area (Å²) in [4.78, 5) is 7.64. The standard InChI is InChI=1S/C17H18N2/c1-13-12-18-17(19-13)11-5-9-15-8-4-7-14-6-2-3-10-16(14)15/h2-4,6-8,10,12H,5,9,11H2,1H3,(H,18,19). The van der Waals surface area contributed by atoms with Crippen molar-refractivity contribution in [2.24, 2.45) is 0 Å². The summed E-state index contributed by atoms with van der Waals surface area (Å²) in [6.45, 7) is 2.04. The lowest BCUT2D eigenvalue weighted by Crippen LogP contribution is -1.93. The smallest absolute Gasteiger partial charge is 0.106 e. The minimum Gasteiger partial charge on any atom is -0.346 e. The van der Waals surface area contributed by atoms with E-state index in [1.165, 1.54) is 16.3 Å². The second-order valence-corrected chi connectivity index (χ2v) is 5.00. The maximum atomic E-state index is 4.35. The van der Waals surface area contributed by atoms with Crippen LogP contribution in [0.5, 0.6) is 0 Å². The Labute approximate surface area is 113 Å². The molecule has 1 aromatic heterocycles. The number of hydrogen-bond donors (Lipinski definition) is 1. The first-order chi connectivity index (χ1) is 9.33. The number of nitrogens with zero attached hydrogens (tertiary/aromatic N) is 1. The highest BCUT2D eigenvalue weighted by Gasteiger charge is 2.02. The van der Waals surface area contributed by atoms with Gasteiger partial charge >= 0.3 is 0 Å². The highest BCUT2D eigenvalue weighted by molar-refractivity contribution is 5.85. The number of hydrogen-bond acceptors (Lipinski definition) is 1. The van der Waals surface area contributed by atoms with Gasteiger partial charge in [-0.2, -0.15) is 0 Å². The van der Waals surface area contributed by atoms with Crippen LogP contribution in [0.3, 0.4) is 0 Å². The third-order valence-electron chi connectivity index (χ3n) is 3.50. The first-order valence-corrected chi connectivity index (χ1v) is 6.80. The maximum Gasteiger partial charge on any atom is 0.106 e. The molecule has 1 heterocycles. The molecule has 0 saturated heterocycles. The molecule has 3 rings (SSSR count). The molecule has 0 unspecified atom stereocenters. The van der Waals surface area contributed by atoms with Crippen LogP contribution < -0.4 is 0 Å². The van der Waals surface area contributed by atoms with Crippen molar-refractivity contribution in [3.63, 3.8) is 0 Å². The van der Waals surface area contributed by atoms with Crippen LogP contribution in [-0.4, -0.2) is 9.97 Å². The zero-order valence-corrected chi connectivity index (χ0v) is 11.2. The second kappa shape index (κ2) is 5.27. The highest BCUT2D eigenvalue weighted by Crippen LogP contribution is 2.20. The number of aromatic amines is 1. The summed E-state index contributed by atoms with van der Waals surface area (Å²) in [5, 5.41) is 2.70. The van der Waals surface area contributed by atoms with E-state index in [1.54, 1.807) is 0 Å². The van der Waals surface area contributed by atoms with Gasteiger partial charge in [-0.3, -0.25) is 0 Å². The quantitative estimate of drug-likeness (QED) is 0.743. The number of nitrogens with one attached hydrogen (secondary N) is 1. The molecule has 0 aliphatic carbocycles. The minimum absolute atomic E-state index is 1.01. The van der Waals surface area contributed by atoms with Gasteiger partial charge in [0.25, 0.3) is 0 Å². The third-order valence-corrected chi connectivity index (χ3v) is 3.50. The van der Waals surface area contributed by atoms with Gasteiger partial charge in [-0.05, 0) is 36.1 Å². The molecule has 0 bridgehead atoms. The number of benzene rings is 2. The molecule has 1 N–H and O–H groups in total. The third kappa shape index (κ3) is 2.68. The zero-order chi connectivity index (χ0) is 13.1. The van der Waals surface area contributed by atoms with Gasteiger partial charge in [0.1, 0.15) is 5.82 Å². The van der Waals surface area contributed by atoms with E-state index in [-0.39, 0.29) is 0 Å². The van der Waals surface area contributed by atoms with Gasteiger partial charge in [0.05, 0.1) is 0 Å². The summed E-state index contributed by atoms with van der Waals surface area (Å²) in [6.07, 6.45) is 5.13. The Morgan fingerprint density at radius 2 is 1.84 bits per heavy atom. The maximum absolute atomic E-state index is 4.35. The van der Waals surface area contributed by atoms with Crippen LogP contribution in [-0.2, 0) is 12.8 Å². The molecule has 19 heavy (non-hydrogen) atoms. The van der Waals surface area contributed by atoms with Crippen molar-refractivity contribution in [2.75, 3.05) is 0 Å². The van der Waals surface area contributed by atoms with E-state index in [0.717, 1.165) is 30.8 Å². The predicted molar refractivity (Wildman–Crippen MR) is 79.3 cm³/mol. The summed E-state index contributed by atoms with van der Waals surface area (Å²) < 4.78 is 0. The van der Waals surface area contributed by atoms with E-state index in [2.05, 4.69) is 52.4 Å². The Bertz CT molecular complexity index is 677. The minimum atomic E-state index is 1.01. The van der Waals surface area contributed by atoms with Gasteiger partial charge in [-0.1, -0.05) is 42.5 Å². The Kier molecular flexibility index (Phi) is 3.32. The van der Waals surface area contributed by atoms with E-state index in [1.807, 2.05) is 13.1 Å². The highest BCUT2D eigenvalue weighted by atomic mass is 14.9. The summed E-state index contributed by atoms with van der Waals surface area (Å²) in [7, 11) is 0. The molecule has 0 aliphatic heterocycles. The Hall–Kier alpha value is -2.09. The topological polar surface area (TPSA) is 28.7 Å². The molecule has 0 fully saturated rings. The van der Waals surface area contributed by atoms with Gasteiger partial charge in [0, 0.05) is 18.3 Å². The number of rotatable bonds is 4. The van der Waals surface area contributed by atoms with Crippen molar-refractivity contribution in [3.05, 3.63) is 65.7 Å². The summed E-state index contributed by atoms with van der Waals surface area (Å²) in [6, 6.07) is 15.1. The van der Waals surface area contributed by atoms with E-state index >= 15 is 0 Å². The van der Waals surface area contributed by atoms with Crippen LogP contribution >= 0.6 is 0 Å². The summed E-state index contributed by atoms with van der Waals surface area (Å²) in [5.41, 5.74) is 2.57. The number of H-pyrrole nitrogens is 1. The van der Waals surface area contributed by atoms with Crippen molar-refractivity contribution in [1.29, 1.82) is 0 Å². The van der Waals surface area contributed by atoms with Crippen molar-refractivity contribution in [3.8, 4) is 0 Å². The largest absolute Gasteiger partial charge is 0.346 e. The summed E-state index contributed by atoms with van der Waals surface area (Å²) >= 11 is 0. The number of imidazole rings is 1. The molecule has 0 saturated carbocycles. The fourth-order valence-electron chi connectivity index (χ4n) is 2.55. The van der Waals surface area contributed by atoms with Crippen LogP contribution in [0.1, 0.15) is 23.5 Å². The lowest BCUT2D eigenvalue weighted by Gasteiger charge is -2.05. The molecule has 0 spiro atoms. The van der Waals surface area contributed by atoms with Gasteiger partial charge in [0.2, 0.25) is 0 Å². The first-order valence-electron chi connectivity index (χ1n) is 6.80. The van der Waals surface area contributed by atoms with Gasteiger partial charge < -0.3 is 4.98 Å². The average molecular weight is 250 g/mol.